The zero-order chi connectivity index (χ0) is 13.7. The molecule has 1 aliphatic carbocycles. The van der Waals surface area contributed by atoms with Crippen molar-refractivity contribution in [2.24, 2.45) is 11.3 Å². The predicted molar refractivity (Wildman–Crippen MR) is 75.6 cm³/mol. The van der Waals surface area contributed by atoms with Crippen molar-refractivity contribution in [2.45, 2.75) is 39.0 Å². The number of hydrazine groups is 1. The molecule has 5 heteroatoms. The normalized spacial score (nSPS) is 17.8. The number of nitrogens with two attached hydrogens (primary N) is 1. The van der Waals surface area contributed by atoms with Crippen LogP contribution in [-0.4, -0.2) is 17.4 Å². The first-order valence-corrected chi connectivity index (χ1v) is 6.84. The maximum atomic E-state index is 12.1. The molecule has 0 aliphatic heterocycles. The molecular formula is C14H22N4O. The standard InChI is InChI=1S/C14H22N4O/c1-14(6-3-2-4-7-14)10-17-13(19)11-5-8-16-12(9-11)18-15/h5,8-9H,2-4,6-7,10,15H2,1H3,(H,16,18)(H,17,19). The van der Waals surface area contributed by atoms with Gasteiger partial charge in [0.15, 0.2) is 0 Å². The summed E-state index contributed by atoms with van der Waals surface area (Å²) < 4.78 is 0. The highest BCUT2D eigenvalue weighted by Crippen LogP contribution is 2.34. The van der Waals surface area contributed by atoms with Gasteiger partial charge in [0.2, 0.25) is 0 Å². The van der Waals surface area contributed by atoms with Crippen LogP contribution >= 0.6 is 0 Å². The lowest BCUT2D eigenvalue weighted by Gasteiger charge is -2.33. The average Bonchev–Trinajstić information content (AvgIpc) is 2.46. The molecule has 1 aliphatic rings. The van der Waals surface area contributed by atoms with Crippen LogP contribution in [0.1, 0.15) is 49.4 Å². The van der Waals surface area contributed by atoms with E-state index in [1.165, 1.54) is 32.1 Å². The molecule has 0 saturated heterocycles. The van der Waals surface area contributed by atoms with Crippen LogP contribution < -0.4 is 16.6 Å². The second-order valence-corrected chi connectivity index (χ2v) is 5.63. The number of rotatable bonds is 4. The molecule has 19 heavy (non-hydrogen) atoms. The Bertz CT molecular complexity index is 441. The molecule has 0 unspecified atom stereocenters. The number of nitrogens with one attached hydrogen (secondary N) is 2. The summed E-state index contributed by atoms with van der Waals surface area (Å²) >= 11 is 0. The Hall–Kier alpha value is -1.62. The number of hydrogen-bond acceptors (Lipinski definition) is 4. The molecule has 0 atom stereocenters. The maximum Gasteiger partial charge on any atom is 0.251 e. The first-order chi connectivity index (χ1) is 9.13. The van der Waals surface area contributed by atoms with E-state index in [1.807, 2.05) is 0 Å². The minimum atomic E-state index is -0.0642. The molecule has 0 aromatic carbocycles. The zero-order valence-corrected chi connectivity index (χ0v) is 11.4. The Morgan fingerprint density at radius 3 is 2.84 bits per heavy atom. The van der Waals surface area contributed by atoms with Crippen LogP contribution in [-0.2, 0) is 0 Å². The topological polar surface area (TPSA) is 80.0 Å². The molecule has 1 saturated carbocycles. The molecular weight excluding hydrogens is 240 g/mol. The lowest BCUT2D eigenvalue weighted by molar-refractivity contribution is 0.0919. The minimum Gasteiger partial charge on any atom is -0.351 e. The SMILES string of the molecule is CC1(CNC(=O)c2ccnc(NN)c2)CCCCC1. The lowest BCUT2D eigenvalue weighted by atomic mass is 9.76. The van der Waals surface area contributed by atoms with Crippen LogP contribution in [0.25, 0.3) is 0 Å². The summed E-state index contributed by atoms with van der Waals surface area (Å²) in [4.78, 5) is 16.1. The molecule has 0 radical (unpaired) electrons. The van der Waals surface area contributed by atoms with Crippen molar-refractivity contribution >= 4 is 11.7 Å². The fourth-order valence-corrected chi connectivity index (χ4v) is 2.63. The van der Waals surface area contributed by atoms with Crippen LogP contribution in [0.5, 0.6) is 0 Å². The van der Waals surface area contributed by atoms with Crippen LogP contribution in [0, 0.1) is 5.41 Å². The number of aromatic nitrogens is 1. The van der Waals surface area contributed by atoms with E-state index in [9.17, 15) is 4.79 Å². The third kappa shape index (κ3) is 3.67. The summed E-state index contributed by atoms with van der Waals surface area (Å²) in [5.74, 6) is 5.72. The Morgan fingerprint density at radius 2 is 2.16 bits per heavy atom. The molecule has 2 rings (SSSR count). The van der Waals surface area contributed by atoms with E-state index in [0.29, 0.717) is 11.4 Å². The van der Waals surface area contributed by atoms with E-state index >= 15 is 0 Å². The van der Waals surface area contributed by atoms with Gasteiger partial charge in [-0.15, -0.1) is 0 Å². The Balaban J connectivity index is 1.93. The van der Waals surface area contributed by atoms with Gasteiger partial charge in [-0.05, 0) is 30.4 Å². The summed E-state index contributed by atoms with van der Waals surface area (Å²) in [6.45, 7) is 2.99. The number of amides is 1. The van der Waals surface area contributed by atoms with Crippen LogP contribution in [0.15, 0.2) is 18.3 Å². The highest BCUT2D eigenvalue weighted by atomic mass is 16.1. The Kier molecular flexibility index (Phi) is 4.37. The minimum absolute atomic E-state index is 0.0642. The quantitative estimate of drug-likeness (QED) is 0.573. The van der Waals surface area contributed by atoms with Gasteiger partial charge in [0.25, 0.3) is 5.91 Å². The number of carbonyl (C=O) groups is 1. The number of nitrogen functional groups attached to an aromatic ring is 1. The van der Waals surface area contributed by atoms with Crippen LogP contribution in [0.3, 0.4) is 0 Å². The van der Waals surface area contributed by atoms with Crippen LogP contribution in [0.2, 0.25) is 0 Å². The van der Waals surface area contributed by atoms with Gasteiger partial charge in [-0.25, -0.2) is 10.8 Å². The molecule has 1 aromatic heterocycles. The van der Waals surface area contributed by atoms with Crippen molar-refractivity contribution in [1.82, 2.24) is 10.3 Å². The molecule has 1 aromatic rings. The van der Waals surface area contributed by atoms with Crippen molar-refractivity contribution in [3.05, 3.63) is 23.9 Å². The van der Waals surface area contributed by atoms with E-state index < -0.39 is 0 Å². The summed E-state index contributed by atoms with van der Waals surface area (Å²) in [5, 5.41) is 3.03. The number of anilines is 1. The summed E-state index contributed by atoms with van der Waals surface area (Å²) in [6, 6.07) is 3.35. The first kappa shape index (κ1) is 13.8. The molecule has 104 valence electrons. The number of carbonyl (C=O) groups excluding carboxylic acids is 1. The molecule has 0 spiro atoms. The predicted octanol–water partition coefficient (Wildman–Crippen LogP) is 2.07. The van der Waals surface area contributed by atoms with Gasteiger partial charge >= 0.3 is 0 Å². The lowest BCUT2D eigenvalue weighted by Crippen LogP contribution is -2.37. The Labute approximate surface area is 114 Å². The van der Waals surface area contributed by atoms with E-state index in [0.717, 1.165) is 6.54 Å². The average molecular weight is 262 g/mol. The van der Waals surface area contributed by atoms with Gasteiger partial charge in [0.1, 0.15) is 5.82 Å². The van der Waals surface area contributed by atoms with Gasteiger partial charge in [0, 0.05) is 18.3 Å². The molecule has 5 nitrogen and oxygen atoms in total. The Morgan fingerprint density at radius 1 is 1.42 bits per heavy atom. The van der Waals surface area contributed by atoms with E-state index in [-0.39, 0.29) is 11.3 Å². The highest BCUT2D eigenvalue weighted by molar-refractivity contribution is 5.94. The van der Waals surface area contributed by atoms with Gasteiger partial charge in [-0.2, -0.15) is 0 Å². The number of hydrogen-bond donors (Lipinski definition) is 3. The molecule has 1 amide bonds. The van der Waals surface area contributed by atoms with E-state index in [4.69, 9.17) is 5.84 Å². The number of nitrogens with zero attached hydrogens (tertiary/aromatic N) is 1. The smallest absolute Gasteiger partial charge is 0.251 e. The first-order valence-electron chi connectivity index (χ1n) is 6.84. The second kappa shape index (κ2) is 6.02. The maximum absolute atomic E-state index is 12.1. The van der Waals surface area contributed by atoms with Crippen molar-refractivity contribution in [2.75, 3.05) is 12.0 Å². The van der Waals surface area contributed by atoms with Crippen LogP contribution in [0.4, 0.5) is 5.82 Å². The van der Waals surface area contributed by atoms with Crippen molar-refractivity contribution in [1.29, 1.82) is 0 Å². The van der Waals surface area contributed by atoms with E-state index in [1.54, 1.807) is 18.3 Å². The van der Waals surface area contributed by atoms with Crippen molar-refractivity contribution < 1.29 is 4.79 Å². The van der Waals surface area contributed by atoms with E-state index in [2.05, 4.69) is 22.7 Å². The zero-order valence-electron chi connectivity index (χ0n) is 11.4. The fourth-order valence-electron chi connectivity index (χ4n) is 2.63. The second-order valence-electron chi connectivity index (χ2n) is 5.63. The molecule has 1 heterocycles. The van der Waals surface area contributed by atoms with Crippen molar-refractivity contribution in [3.63, 3.8) is 0 Å². The molecule has 0 bridgehead atoms. The third-order valence-corrected chi connectivity index (χ3v) is 3.91. The molecule has 1 fully saturated rings. The monoisotopic (exact) mass is 262 g/mol. The largest absolute Gasteiger partial charge is 0.351 e. The fraction of sp³-hybridized carbons (Fsp3) is 0.571. The summed E-state index contributed by atoms with van der Waals surface area (Å²) in [7, 11) is 0. The van der Waals surface area contributed by atoms with Gasteiger partial charge in [-0.3, -0.25) is 4.79 Å². The van der Waals surface area contributed by atoms with Gasteiger partial charge in [-0.1, -0.05) is 26.2 Å². The molecule has 4 N–H and O–H groups in total. The van der Waals surface area contributed by atoms with Crippen molar-refractivity contribution in [3.8, 4) is 0 Å². The van der Waals surface area contributed by atoms with Gasteiger partial charge in [0.05, 0.1) is 0 Å². The summed E-state index contributed by atoms with van der Waals surface area (Å²) in [6.07, 6.45) is 7.82. The van der Waals surface area contributed by atoms with Gasteiger partial charge < -0.3 is 10.7 Å². The summed E-state index contributed by atoms with van der Waals surface area (Å²) in [5.41, 5.74) is 3.28. The number of pyridine rings is 1. The highest BCUT2D eigenvalue weighted by Gasteiger charge is 2.27. The third-order valence-electron chi connectivity index (χ3n) is 3.91.